The van der Waals surface area contributed by atoms with E-state index in [0.29, 0.717) is 31.5 Å². The van der Waals surface area contributed by atoms with Gasteiger partial charge in [-0.1, -0.05) is 6.07 Å². The summed E-state index contributed by atoms with van der Waals surface area (Å²) in [7, 11) is 0. The lowest BCUT2D eigenvalue weighted by Crippen LogP contribution is -2.39. The Morgan fingerprint density at radius 1 is 1.25 bits per heavy atom. The SMILES string of the molecule is CCOCc1nc2c(N)nc(C)c(C)c2n1CCC1CCN(CC(=O)Nc2cccc(SC)c2)CC1. The van der Waals surface area contributed by atoms with Crippen LogP contribution in [0.2, 0.25) is 0 Å². The van der Waals surface area contributed by atoms with Crippen molar-refractivity contribution in [2.75, 3.05) is 43.5 Å². The number of pyridine rings is 1. The molecule has 1 amide bonds. The number of nitrogens with one attached hydrogen (secondary N) is 1. The first kappa shape index (κ1) is 26.4. The maximum atomic E-state index is 12.6. The largest absolute Gasteiger partial charge is 0.382 e. The number of rotatable bonds is 10. The minimum Gasteiger partial charge on any atom is -0.382 e. The van der Waals surface area contributed by atoms with Gasteiger partial charge in [0.2, 0.25) is 5.91 Å². The number of fused-ring (bicyclic) bond motifs is 1. The minimum absolute atomic E-state index is 0.0502. The fraction of sp³-hybridized carbons (Fsp3) is 0.519. The van der Waals surface area contributed by atoms with Gasteiger partial charge in [-0.3, -0.25) is 9.69 Å². The van der Waals surface area contributed by atoms with Gasteiger partial charge in [0.05, 0.1) is 12.1 Å². The molecule has 0 saturated carbocycles. The highest BCUT2D eigenvalue weighted by molar-refractivity contribution is 7.98. The van der Waals surface area contributed by atoms with Crippen LogP contribution in [-0.4, -0.2) is 57.8 Å². The minimum atomic E-state index is 0.0502. The highest BCUT2D eigenvalue weighted by atomic mass is 32.2. The lowest BCUT2D eigenvalue weighted by Gasteiger charge is -2.31. The zero-order chi connectivity index (χ0) is 25.7. The van der Waals surface area contributed by atoms with Crippen LogP contribution in [0, 0.1) is 19.8 Å². The Bertz CT molecular complexity index is 1200. The van der Waals surface area contributed by atoms with Crippen LogP contribution in [0.15, 0.2) is 29.2 Å². The number of ether oxygens (including phenoxy) is 1. The number of carbonyl (C=O) groups is 1. The van der Waals surface area contributed by atoms with Crippen molar-refractivity contribution in [2.24, 2.45) is 5.92 Å². The second-order valence-electron chi connectivity index (χ2n) is 9.51. The molecule has 1 aromatic carbocycles. The first-order valence-corrected chi connectivity index (χ1v) is 14.0. The third-order valence-electron chi connectivity index (χ3n) is 7.10. The molecular formula is C27H38N6O2S. The number of thioether (sulfide) groups is 1. The van der Waals surface area contributed by atoms with Gasteiger partial charge >= 0.3 is 0 Å². The van der Waals surface area contributed by atoms with Gasteiger partial charge in [0.1, 0.15) is 17.9 Å². The number of hydrogen-bond donors (Lipinski definition) is 2. The van der Waals surface area contributed by atoms with Crippen LogP contribution in [0.3, 0.4) is 0 Å². The van der Waals surface area contributed by atoms with Crippen molar-refractivity contribution in [3.05, 3.63) is 41.3 Å². The van der Waals surface area contributed by atoms with E-state index in [-0.39, 0.29) is 5.91 Å². The lowest BCUT2D eigenvalue weighted by molar-refractivity contribution is -0.117. The van der Waals surface area contributed by atoms with Crippen LogP contribution in [-0.2, 0) is 22.7 Å². The van der Waals surface area contributed by atoms with Crippen LogP contribution < -0.4 is 11.1 Å². The van der Waals surface area contributed by atoms with E-state index < -0.39 is 0 Å². The van der Waals surface area contributed by atoms with Gasteiger partial charge in [-0.25, -0.2) is 9.97 Å². The van der Waals surface area contributed by atoms with Crippen LogP contribution in [0.5, 0.6) is 0 Å². The zero-order valence-corrected chi connectivity index (χ0v) is 22.7. The molecule has 2 aromatic heterocycles. The predicted octanol–water partition coefficient (Wildman–Crippen LogP) is 4.63. The summed E-state index contributed by atoms with van der Waals surface area (Å²) in [4.78, 5) is 25.3. The summed E-state index contributed by atoms with van der Waals surface area (Å²) in [5.41, 5.74) is 11.0. The molecule has 36 heavy (non-hydrogen) atoms. The number of amides is 1. The molecule has 0 spiro atoms. The van der Waals surface area contributed by atoms with Gasteiger partial charge in [-0.05, 0) is 89.1 Å². The number of aromatic nitrogens is 3. The monoisotopic (exact) mass is 510 g/mol. The third-order valence-corrected chi connectivity index (χ3v) is 7.82. The van der Waals surface area contributed by atoms with Gasteiger partial charge in [-0.15, -0.1) is 11.8 Å². The molecule has 0 radical (unpaired) electrons. The molecule has 8 nitrogen and oxygen atoms in total. The number of hydrogen-bond acceptors (Lipinski definition) is 7. The molecule has 0 atom stereocenters. The number of benzene rings is 1. The Morgan fingerprint density at radius 3 is 2.75 bits per heavy atom. The zero-order valence-electron chi connectivity index (χ0n) is 21.8. The van der Waals surface area contributed by atoms with Gasteiger partial charge < -0.3 is 20.4 Å². The van der Waals surface area contributed by atoms with E-state index >= 15 is 0 Å². The number of nitrogens with two attached hydrogens (primary N) is 1. The number of piperidine rings is 1. The maximum absolute atomic E-state index is 12.6. The Kier molecular flexibility index (Phi) is 8.87. The molecule has 4 rings (SSSR count). The Morgan fingerprint density at radius 2 is 2.03 bits per heavy atom. The van der Waals surface area contributed by atoms with E-state index in [1.54, 1.807) is 11.8 Å². The average Bonchev–Trinajstić information content (AvgIpc) is 3.24. The van der Waals surface area contributed by atoms with E-state index in [4.69, 9.17) is 15.5 Å². The number of nitrogen functional groups attached to an aromatic ring is 1. The van der Waals surface area contributed by atoms with Crippen molar-refractivity contribution < 1.29 is 9.53 Å². The first-order chi connectivity index (χ1) is 17.4. The molecule has 194 valence electrons. The molecule has 0 bridgehead atoms. The summed E-state index contributed by atoms with van der Waals surface area (Å²) >= 11 is 1.67. The first-order valence-electron chi connectivity index (χ1n) is 12.7. The number of imidazole rings is 1. The normalized spacial score (nSPS) is 15.0. The molecule has 1 aliphatic heterocycles. The van der Waals surface area contributed by atoms with Crippen LogP contribution in [0.4, 0.5) is 11.5 Å². The molecule has 9 heteroatoms. The standard InChI is InChI=1S/C27H38N6O2S/c1-5-35-17-23-31-25-26(18(2)19(3)29-27(25)28)33(23)14-11-20-9-12-32(13-10-20)16-24(34)30-21-7-6-8-22(15-21)36-4/h6-8,15,20H,5,9-14,16-17H2,1-4H3,(H2,28,29)(H,30,34). The number of carbonyl (C=O) groups excluding carboxylic acids is 1. The molecule has 1 saturated heterocycles. The Labute approximate surface area is 218 Å². The van der Waals surface area contributed by atoms with Gasteiger partial charge in [0, 0.05) is 29.4 Å². The van der Waals surface area contributed by atoms with Crippen molar-refractivity contribution in [1.29, 1.82) is 0 Å². The molecule has 0 aliphatic carbocycles. The van der Waals surface area contributed by atoms with Crippen molar-refractivity contribution in [3.8, 4) is 0 Å². The summed E-state index contributed by atoms with van der Waals surface area (Å²) in [6.07, 6.45) is 5.27. The number of likely N-dealkylation sites (tertiary alicyclic amines) is 1. The van der Waals surface area contributed by atoms with E-state index in [1.165, 1.54) is 0 Å². The number of anilines is 2. The highest BCUT2D eigenvalue weighted by Crippen LogP contribution is 2.29. The van der Waals surface area contributed by atoms with Gasteiger partial charge in [0.15, 0.2) is 5.82 Å². The highest BCUT2D eigenvalue weighted by Gasteiger charge is 2.23. The number of nitrogens with zero attached hydrogens (tertiary/aromatic N) is 4. The summed E-state index contributed by atoms with van der Waals surface area (Å²) < 4.78 is 7.99. The molecule has 3 N–H and O–H groups in total. The second-order valence-corrected chi connectivity index (χ2v) is 10.4. The van der Waals surface area contributed by atoms with Gasteiger partial charge in [-0.2, -0.15) is 0 Å². The summed E-state index contributed by atoms with van der Waals surface area (Å²) in [5, 5.41) is 3.04. The maximum Gasteiger partial charge on any atom is 0.238 e. The topological polar surface area (TPSA) is 98.3 Å². The third kappa shape index (κ3) is 6.19. The van der Waals surface area contributed by atoms with E-state index in [2.05, 4.69) is 26.7 Å². The van der Waals surface area contributed by atoms with Crippen LogP contribution >= 0.6 is 11.8 Å². The van der Waals surface area contributed by atoms with Crippen LogP contribution in [0.25, 0.3) is 11.0 Å². The van der Waals surface area contributed by atoms with Crippen molar-refractivity contribution in [3.63, 3.8) is 0 Å². The van der Waals surface area contributed by atoms with E-state index in [0.717, 1.165) is 77.6 Å². The molecule has 0 unspecified atom stereocenters. The Hall–Kier alpha value is -2.62. The van der Waals surface area contributed by atoms with Gasteiger partial charge in [0.25, 0.3) is 0 Å². The molecule has 1 aliphatic rings. The van der Waals surface area contributed by atoms with Crippen LogP contribution in [0.1, 0.15) is 43.3 Å². The fourth-order valence-corrected chi connectivity index (χ4v) is 5.40. The van der Waals surface area contributed by atoms with Crippen molar-refractivity contribution in [1.82, 2.24) is 19.4 Å². The fourth-order valence-electron chi connectivity index (χ4n) is 4.94. The average molecular weight is 511 g/mol. The second kappa shape index (κ2) is 12.1. The molecule has 3 aromatic rings. The lowest BCUT2D eigenvalue weighted by atomic mass is 9.93. The quantitative estimate of drug-likeness (QED) is 0.384. The van der Waals surface area contributed by atoms with E-state index in [1.807, 2.05) is 44.4 Å². The molecule has 1 fully saturated rings. The van der Waals surface area contributed by atoms with E-state index in [9.17, 15) is 4.79 Å². The van der Waals surface area contributed by atoms with Crippen molar-refractivity contribution >= 4 is 40.2 Å². The number of aryl methyl sites for hydroxylation is 3. The Balaban J connectivity index is 1.34. The summed E-state index contributed by atoms with van der Waals surface area (Å²) in [6.45, 7) is 10.4. The summed E-state index contributed by atoms with van der Waals surface area (Å²) in [5.74, 6) is 2.06. The molecular weight excluding hydrogens is 472 g/mol. The molecule has 3 heterocycles. The predicted molar refractivity (Wildman–Crippen MR) is 147 cm³/mol. The summed E-state index contributed by atoms with van der Waals surface area (Å²) in [6, 6.07) is 7.98. The smallest absolute Gasteiger partial charge is 0.238 e. The van der Waals surface area contributed by atoms with Crippen molar-refractivity contribution in [2.45, 2.75) is 58.1 Å².